The maximum absolute atomic E-state index is 12.3. The summed E-state index contributed by atoms with van der Waals surface area (Å²) in [6.45, 7) is 1.93. The monoisotopic (exact) mass is 315 g/mol. The molecule has 4 nitrogen and oxygen atoms in total. The van der Waals surface area contributed by atoms with Crippen LogP contribution in [0.4, 0.5) is 5.69 Å². The summed E-state index contributed by atoms with van der Waals surface area (Å²) >= 11 is 4.40. The standard InChI is InChI=1S/C17H17NO3S/c1-11(12-6-3-2-4-7-12)15(22)16(19)18-14-9-5-8-13(10-14)17(20)21/h2-11,15,22H,1H3,(H,18,19)(H,20,21). The molecule has 0 bridgehead atoms. The van der Waals surface area contributed by atoms with Crippen molar-refractivity contribution >= 4 is 30.2 Å². The zero-order chi connectivity index (χ0) is 16.1. The predicted molar refractivity (Wildman–Crippen MR) is 89.7 cm³/mol. The van der Waals surface area contributed by atoms with Crippen molar-refractivity contribution in [1.82, 2.24) is 0 Å². The molecule has 2 aromatic carbocycles. The molecule has 1 amide bonds. The van der Waals surface area contributed by atoms with Gasteiger partial charge in [-0.25, -0.2) is 4.79 Å². The van der Waals surface area contributed by atoms with Gasteiger partial charge in [-0.1, -0.05) is 43.3 Å². The molecule has 2 N–H and O–H groups in total. The quantitative estimate of drug-likeness (QED) is 0.741. The van der Waals surface area contributed by atoms with Crippen molar-refractivity contribution in [2.24, 2.45) is 0 Å². The molecule has 2 atom stereocenters. The summed E-state index contributed by atoms with van der Waals surface area (Å²) in [7, 11) is 0. The Bertz CT molecular complexity index is 673. The van der Waals surface area contributed by atoms with Crippen molar-refractivity contribution in [1.29, 1.82) is 0 Å². The van der Waals surface area contributed by atoms with E-state index in [2.05, 4.69) is 17.9 Å². The molecule has 22 heavy (non-hydrogen) atoms. The van der Waals surface area contributed by atoms with Gasteiger partial charge in [-0.15, -0.1) is 0 Å². The predicted octanol–water partition coefficient (Wildman–Crippen LogP) is 3.43. The van der Waals surface area contributed by atoms with Gasteiger partial charge in [0.15, 0.2) is 0 Å². The van der Waals surface area contributed by atoms with Gasteiger partial charge in [0.05, 0.1) is 10.8 Å². The second-order valence-corrected chi connectivity index (χ2v) is 5.58. The van der Waals surface area contributed by atoms with Gasteiger partial charge < -0.3 is 10.4 Å². The number of anilines is 1. The number of carbonyl (C=O) groups is 2. The second-order valence-electron chi connectivity index (χ2n) is 5.02. The van der Waals surface area contributed by atoms with Gasteiger partial charge >= 0.3 is 5.97 Å². The maximum atomic E-state index is 12.3. The molecular formula is C17H17NO3S. The largest absolute Gasteiger partial charge is 0.478 e. The van der Waals surface area contributed by atoms with Crippen LogP contribution in [0, 0.1) is 0 Å². The van der Waals surface area contributed by atoms with Crippen LogP contribution in [-0.4, -0.2) is 22.2 Å². The Morgan fingerprint density at radius 3 is 2.41 bits per heavy atom. The lowest BCUT2D eigenvalue weighted by Crippen LogP contribution is -2.28. The molecule has 0 saturated heterocycles. The van der Waals surface area contributed by atoms with Crippen molar-refractivity contribution in [3.8, 4) is 0 Å². The minimum absolute atomic E-state index is 0.0628. The highest BCUT2D eigenvalue weighted by molar-refractivity contribution is 7.81. The van der Waals surface area contributed by atoms with E-state index in [-0.39, 0.29) is 17.4 Å². The van der Waals surface area contributed by atoms with E-state index in [1.165, 1.54) is 12.1 Å². The van der Waals surface area contributed by atoms with Crippen molar-refractivity contribution in [3.63, 3.8) is 0 Å². The van der Waals surface area contributed by atoms with Gasteiger partial charge in [0, 0.05) is 11.6 Å². The molecule has 114 valence electrons. The topological polar surface area (TPSA) is 66.4 Å². The Morgan fingerprint density at radius 2 is 1.77 bits per heavy atom. The van der Waals surface area contributed by atoms with Crippen LogP contribution in [0.25, 0.3) is 0 Å². The molecule has 0 aliphatic heterocycles. The molecule has 0 heterocycles. The summed E-state index contributed by atoms with van der Waals surface area (Å²) in [4.78, 5) is 23.2. The molecule has 0 saturated carbocycles. The minimum atomic E-state index is -1.03. The van der Waals surface area contributed by atoms with Crippen molar-refractivity contribution in [3.05, 3.63) is 65.7 Å². The number of rotatable bonds is 5. The smallest absolute Gasteiger partial charge is 0.335 e. The summed E-state index contributed by atoms with van der Waals surface area (Å²) in [5.74, 6) is -1.36. The highest BCUT2D eigenvalue weighted by atomic mass is 32.1. The average molecular weight is 315 g/mol. The maximum Gasteiger partial charge on any atom is 0.335 e. The van der Waals surface area contributed by atoms with Crippen LogP contribution in [0.15, 0.2) is 54.6 Å². The van der Waals surface area contributed by atoms with E-state index in [0.717, 1.165) is 5.56 Å². The summed E-state index contributed by atoms with van der Waals surface area (Å²) in [6, 6.07) is 15.8. The first kappa shape index (κ1) is 16.1. The number of nitrogens with one attached hydrogen (secondary N) is 1. The van der Waals surface area contributed by atoms with Gasteiger partial charge in [-0.2, -0.15) is 12.6 Å². The number of carbonyl (C=O) groups excluding carboxylic acids is 1. The van der Waals surface area contributed by atoms with E-state index in [1.54, 1.807) is 12.1 Å². The Hall–Kier alpha value is -2.27. The number of hydrogen-bond donors (Lipinski definition) is 3. The van der Waals surface area contributed by atoms with Gasteiger partial charge in [0.25, 0.3) is 0 Å². The highest BCUT2D eigenvalue weighted by Gasteiger charge is 2.22. The van der Waals surface area contributed by atoms with Crippen molar-refractivity contribution in [2.45, 2.75) is 18.1 Å². The van der Waals surface area contributed by atoms with Crippen LogP contribution in [0.3, 0.4) is 0 Å². The lowest BCUT2D eigenvalue weighted by atomic mass is 9.97. The fourth-order valence-electron chi connectivity index (χ4n) is 2.11. The van der Waals surface area contributed by atoms with Crippen LogP contribution >= 0.6 is 12.6 Å². The molecular weight excluding hydrogens is 298 g/mol. The first-order valence-electron chi connectivity index (χ1n) is 6.86. The van der Waals surface area contributed by atoms with E-state index in [1.807, 2.05) is 37.3 Å². The molecule has 0 radical (unpaired) electrons. The number of benzene rings is 2. The van der Waals surface area contributed by atoms with Gasteiger partial charge in [-0.05, 0) is 23.8 Å². The van der Waals surface area contributed by atoms with Gasteiger partial charge in [0.2, 0.25) is 5.91 Å². The van der Waals surface area contributed by atoms with Crippen LogP contribution in [0.5, 0.6) is 0 Å². The van der Waals surface area contributed by atoms with Crippen LogP contribution in [-0.2, 0) is 4.79 Å². The molecule has 0 aliphatic rings. The summed E-state index contributed by atoms with van der Waals surface area (Å²) in [6.07, 6.45) is 0. The summed E-state index contributed by atoms with van der Waals surface area (Å²) in [5.41, 5.74) is 1.60. The summed E-state index contributed by atoms with van der Waals surface area (Å²) < 4.78 is 0. The van der Waals surface area contributed by atoms with E-state index in [9.17, 15) is 9.59 Å². The van der Waals surface area contributed by atoms with E-state index >= 15 is 0 Å². The van der Waals surface area contributed by atoms with Crippen LogP contribution in [0.1, 0.15) is 28.8 Å². The van der Waals surface area contributed by atoms with Crippen molar-refractivity contribution < 1.29 is 14.7 Å². The minimum Gasteiger partial charge on any atom is -0.478 e. The number of carboxylic acids is 1. The fourth-order valence-corrected chi connectivity index (χ4v) is 2.35. The fraction of sp³-hybridized carbons (Fsp3) is 0.176. The number of thiol groups is 1. The van der Waals surface area contributed by atoms with E-state index < -0.39 is 11.2 Å². The first-order valence-corrected chi connectivity index (χ1v) is 7.38. The second kappa shape index (κ2) is 7.13. The Kier molecular flexibility index (Phi) is 5.22. The Balaban J connectivity index is 2.08. The lowest BCUT2D eigenvalue weighted by Gasteiger charge is -2.19. The third-order valence-corrected chi connectivity index (χ3v) is 4.13. The zero-order valence-electron chi connectivity index (χ0n) is 12.1. The highest BCUT2D eigenvalue weighted by Crippen LogP contribution is 2.24. The van der Waals surface area contributed by atoms with Gasteiger partial charge in [0.1, 0.15) is 0 Å². The third-order valence-electron chi connectivity index (χ3n) is 3.44. The molecule has 0 aromatic heterocycles. The number of carboxylic acid groups (broad SMARTS) is 1. The molecule has 2 aromatic rings. The van der Waals surface area contributed by atoms with Crippen LogP contribution < -0.4 is 5.32 Å². The number of aromatic carboxylic acids is 1. The Labute approximate surface area is 134 Å². The Morgan fingerprint density at radius 1 is 1.09 bits per heavy atom. The van der Waals surface area contributed by atoms with Crippen LogP contribution in [0.2, 0.25) is 0 Å². The molecule has 0 spiro atoms. The molecule has 5 heteroatoms. The number of hydrogen-bond acceptors (Lipinski definition) is 3. The lowest BCUT2D eigenvalue weighted by molar-refractivity contribution is -0.116. The number of amides is 1. The van der Waals surface area contributed by atoms with E-state index in [4.69, 9.17) is 5.11 Å². The molecule has 0 aliphatic carbocycles. The molecule has 2 rings (SSSR count). The van der Waals surface area contributed by atoms with Crippen molar-refractivity contribution in [2.75, 3.05) is 5.32 Å². The third kappa shape index (κ3) is 3.89. The molecule has 0 fully saturated rings. The van der Waals surface area contributed by atoms with Gasteiger partial charge in [-0.3, -0.25) is 4.79 Å². The summed E-state index contributed by atoms with van der Waals surface area (Å²) in [5, 5.41) is 11.1. The first-order chi connectivity index (χ1) is 10.5. The SMILES string of the molecule is CC(c1ccccc1)C(S)C(=O)Nc1cccc(C(=O)O)c1. The van der Waals surface area contributed by atoms with E-state index in [0.29, 0.717) is 5.69 Å². The normalized spacial score (nSPS) is 13.2. The molecule has 2 unspecified atom stereocenters. The zero-order valence-corrected chi connectivity index (χ0v) is 13.0. The average Bonchev–Trinajstić information content (AvgIpc) is 2.54.